The predicted molar refractivity (Wildman–Crippen MR) is 115 cm³/mol. The third-order valence-electron chi connectivity index (χ3n) is 6.94. The first-order valence-corrected chi connectivity index (χ1v) is 10.5. The molecule has 1 saturated heterocycles. The molecular weight excluding hydrogens is 360 g/mol. The Morgan fingerprint density at radius 2 is 1.79 bits per heavy atom. The molecule has 6 rings (SSSR count). The fourth-order valence-electron chi connectivity index (χ4n) is 5.54. The van der Waals surface area contributed by atoms with Crippen molar-refractivity contribution in [1.82, 2.24) is 19.0 Å². The van der Waals surface area contributed by atoms with Gasteiger partial charge in [0.15, 0.2) is 5.65 Å². The van der Waals surface area contributed by atoms with E-state index in [0.717, 1.165) is 43.5 Å². The molecule has 4 aromatic rings. The van der Waals surface area contributed by atoms with Crippen LogP contribution in [0.5, 0.6) is 0 Å². The zero-order valence-corrected chi connectivity index (χ0v) is 16.6. The van der Waals surface area contributed by atoms with E-state index in [9.17, 15) is 4.79 Å². The first kappa shape index (κ1) is 17.0. The Kier molecular flexibility index (Phi) is 3.68. The Bertz CT molecular complexity index is 1290. The molecule has 1 fully saturated rings. The summed E-state index contributed by atoms with van der Waals surface area (Å²) >= 11 is 0. The van der Waals surface area contributed by atoms with Gasteiger partial charge in [-0.25, -0.2) is 9.78 Å². The summed E-state index contributed by atoms with van der Waals surface area (Å²) < 4.78 is 3.65. The number of pyridine rings is 1. The second-order valence-corrected chi connectivity index (χ2v) is 8.41. The molecule has 0 radical (unpaired) electrons. The van der Waals surface area contributed by atoms with Crippen molar-refractivity contribution in [2.75, 3.05) is 13.1 Å². The highest BCUT2D eigenvalue weighted by Gasteiger charge is 2.33. The van der Waals surface area contributed by atoms with Crippen LogP contribution in [0.4, 0.5) is 0 Å². The van der Waals surface area contributed by atoms with E-state index in [1.54, 1.807) is 10.8 Å². The van der Waals surface area contributed by atoms with Crippen LogP contribution in [-0.2, 0) is 13.5 Å². The van der Waals surface area contributed by atoms with Crippen LogP contribution >= 0.6 is 0 Å². The third-order valence-corrected chi connectivity index (χ3v) is 6.94. The Hall–Kier alpha value is -2.92. The summed E-state index contributed by atoms with van der Waals surface area (Å²) in [6.45, 7) is 2.03. The molecule has 1 atom stereocenters. The van der Waals surface area contributed by atoms with Gasteiger partial charge in [0.1, 0.15) is 0 Å². The number of piperidine rings is 1. The van der Waals surface area contributed by atoms with E-state index in [-0.39, 0.29) is 11.7 Å². The average Bonchev–Trinajstić information content (AvgIpc) is 3.26. The van der Waals surface area contributed by atoms with Gasteiger partial charge in [-0.1, -0.05) is 36.4 Å². The Morgan fingerprint density at radius 3 is 2.62 bits per heavy atom. The zero-order chi connectivity index (χ0) is 19.5. The minimum absolute atomic E-state index is 0.0511. The molecule has 0 saturated carbocycles. The molecule has 0 spiro atoms. The molecule has 0 bridgehead atoms. The SMILES string of the molecule is Cn1c(=O)n(C2CCN(C3Cc4cccc5cccc3c45)CC2)c2cccnc21. The number of hydrogen-bond donors (Lipinski definition) is 0. The number of aromatic nitrogens is 3. The molecule has 2 aliphatic rings. The standard InChI is InChI=1S/C24H24N4O/c1-26-23-20(9-4-12-25-23)28(24(26)29)18-10-13-27(14-11-18)21-15-17-7-2-5-16-6-3-8-19(21)22(16)17/h2-9,12,18,21H,10-11,13-15H2,1H3. The van der Waals surface area contributed by atoms with Gasteiger partial charge in [-0.15, -0.1) is 0 Å². The summed E-state index contributed by atoms with van der Waals surface area (Å²) in [5.74, 6) is 0. The van der Waals surface area contributed by atoms with Crippen molar-refractivity contribution in [3.8, 4) is 0 Å². The van der Waals surface area contributed by atoms with Crippen LogP contribution in [0.1, 0.15) is 36.1 Å². The zero-order valence-electron chi connectivity index (χ0n) is 16.6. The molecule has 146 valence electrons. The number of benzene rings is 2. The highest BCUT2D eigenvalue weighted by Crippen LogP contribution is 2.41. The van der Waals surface area contributed by atoms with E-state index in [1.807, 2.05) is 23.7 Å². The monoisotopic (exact) mass is 384 g/mol. The van der Waals surface area contributed by atoms with Gasteiger partial charge in [0.2, 0.25) is 0 Å². The van der Waals surface area contributed by atoms with Gasteiger partial charge >= 0.3 is 5.69 Å². The predicted octanol–water partition coefficient (Wildman–Crippen LogP) is 3.82. The molecule has 1 aliphatic carbocycles. The van der Waals surface area contributed by atoms with Crippen LogP contribution < -0.4 is 5.69 Å². The number of fused-ring (bicyclic) bond motifs is 1. The summed E-state index contributed by atoms with van der Waals surface area (Å²) in [6, 6.07) is 18.0. The number of hydrogen-bond acceptors (Lipinski definition) is 3. The van der Waals surface area contributed by atoms with Crippen molar-refractivity contribution in [2.24, 2.45) is 7.05 Å². The molecule has 3 heterocycles. The van der Waals surface area contributed by atoms with Crippen LogP contribution in [0.2, 0.25) is 0 Å². The lowest BCUT2D eigenvalue weighted by Gasteiger charge is -2.36. The number of imidazole rings is 1. The van der Waals surface area contributed by atoms with E-state index in [1.165, 1.54) is 21.9 Å². The molecule has 2 aromatic carbocycles. The van der Waals surface area contributed by atoms with Crippen LogP contribution in [0, 0.1) is 0 Å². The van der Waals surface area contributed by atoms with Crippen molar-refractivity contribution in [2.45, 2.75) is 31.3 Å². The molecule has 2 aromatic heterocycles. The van der Waals surface area contributed by atoms with Gasteiger partial charge in [0.25, 0.3) is 0 Å². The first-order chi connectivity index (χ1) is 14.2. The van der Waals surface area contributed by atoms with Crippen LogP contribution in [0.3, 0.4) is 0 Å². The smallest absolute Gasteiger partial charge is 0.296 e. The fraction of sp³-hybridized carbons (Fsp3) is 0.333. The lowest BCUT2D eigenvalue weighted by Crippen LogP contribution is -2.39. The molecular formula is C24H24N4O. The highest BCUT2D eigenvalue weighted by molar-refractivity contribution is 5.91. The Morgan fingerprint density at radius 1 is 1.00 bits per heavy atom. The van der Waals surface area contributed by atoms with Gasteiger partial charge in [0.05, 0.1) is 5.52 Å². The Labute approximate surface area is 169 Å². The highest BCUT2D eigenvalue weighted by atomic mass is 16.1. The summed E-state index contributed by atoms with van der Waals surface area (Å²) in [5.41, 5.74) is 4.73. The number of aryl methyl sites for hydroxylation is 1. The molecule has 5 heteroatoms. The van der Waals surface area contributed by atoms with Crippen molar-refractivity contribution in [3.63, 3.8) is 0 Å². The summed E-state index contributed by atoms with van der Waals surface area (Å²) in [7, 11) is 1.82. The maximum atomic E-state index is 12.9. The van der Waals surface area contributed by atoms with Gasteiger partial charge in [0, 0.05) is 38.4 Å². The maximum Gasteiger partial charge on any atom is 0.330 e. The number of rotatable bonds is 2. The second kappa shape index (κ2) is 6.29. The number of likely N-dealkylation sites (tertiary alicyclic amines) is 1. The normalized spacial score (nSPS) is 20.1. The summed E-state index contributed by atoms with van der Waals surface area (Å²) in [6.07, 6.45) is 4.85. The topological polar surface area (TPSA) is 43.1 Å². The lowest BCUT2D eigenvalue weighted by atomic mass is 9.99. The third kappa shape index (κ3) is 2.43. The minimum Gasteiger partial charge on any atom is -0.296 e. The van der Waals surface area contributed by atoms with E-state index in [4.69, 9.17) is 0 Å². The van der Waals surface area contributed by atoms with Gasteiger partial charge < -0.3 is 0 Å². The minimum atomic E-state index is 0.0511. The van der Waals surface area contributed by atoms with Crippen LogP contribution in [0.25, 0.3) is 21.9 Å². The quantitative estimate of drug-likeness (QED) is 0.528. The van der Waals surface area contributed by atoms with Gasteiger partial charge in [-0.3, -0.25) is 14.0 Å². The van der Waals surface area contributed by atoms with Crippen molar-refractivity contribution in [1.29, 1.82) is 0 Å². The molecule has 29 heavy (non-hydrogen) atoms. The van der Waals surface area contributed by atoms with Crippen molar-refractivity contribution in [3.05, 3.63) is 76.3 Å². The molecule has 0 amide bonds. The summed E-state index contributed by atoms with van der Waals surface area (Å²) in [5, 5.41) is 2.81. The average molecular weight is 384 g/mol. The molecule has 0 N–H and O–H groups in total. The van der Waals surface area contributed by atoms with E-state index in [2.05, 4.69) is 46.3 Å². The van der Waals surface area contributed by atoms with Crippen LogP contribution in [-0.4, -0.2) is 32.1 Å². The Balaban J connectivity index is 1.29. The molecule has 5 nitrogen and oxygen atoms in total. The lowest BCUT2D eigenvalue weighted by molar-refractivity contribution is 0.137. The van der Waals surface area contributed by atoms with Crippen LogP contribution in [0.15, 0.2) is 59.5 Å². The fourth-order valence-corrected chi connectivity index (χ4v) is 5.54. The maximum absolute atomic E-state index is 12.9. The second-order valence-electron chi connectivity index (χ2n) is 8.41. The summed E-state index contributed by atoms with van der Waals surface area (Å²) in [4.78, 5) is 19.9. The van der Waals surface area contributed by atoms with E-state index >= 15 is 0 Å². The van der Waals surface area contributed by atoms with E-state index < -0.39 is 0 Å². The van der Waals surface area contributed by atoms with Gasteiger partial charge in [-0.05, 0) is 53.3 Å². The van der Waals surface area contributed by atoms with E-state index in [0.29, 0.717) is 6.04 Å². The van der Waals surface area contributed by atoms with Crippen molar-refractivity contribution < 1.29 is 0 Å². The first-order valence-electron chi connectivity index (χ1n) is 10.5. The van der Waals surface area contributed by atoms with Gasteiger partial charge in [-0.2, -0.15) is 0 Å². The molecule has 1 unspecified atom stereocenters. The number of nitrogens with zero attached hydrogens (tertiary/aromatic N) is 4. The van der Waals surface area contributed by atoms with Crippen molar-refractivity contribution >= 4 is 21.9 Å². The largest absolute Gasteiger partial charge is 0.330 e. The molecule has 1 aliphatic heterocycles.